The molecule has 0 aromatic heterocycles. The van der Waals surface area contributed by atoms with E-state index in [4.69, 9.17) is 10.6 Å². The number of hydrogen-bond acceptors (Lipinski definition) is 3. The zero-order valence-corrected chi connectivity index (χ0v) is 6.12. The third-order valence-electron chi connectivity index (χ3n) is 1.59. The third kappa shape index (κ3) is 1.58. The topological polar surface area (TPSA) is 64.7 Å². The molecule has 4 nitrogen and oxygen atoms in total. The van der Waals surface area contributed by atoms with Gasteiger partial charge in [0.15, 0.2) is 5.60 Å². The minimum Gasteiger partial charge on any atom is -0.384 e. The van der Waals surface area contributed by atoms with Crippen LogP contribution >= 0.6 is 0 Å². The Balaban J connectivity index is 2.62. The number of nitrogens with zero attached hydrogens (tertiary/aromatic N) is 1. The van der Waals surface area contributed by atoms with Crippen LogP contribution in [0.2, 0.25) is 0 Å². The number of oxime groups is 1. The van der Waals surface area contributed by atoms with Crippen molar-refractivity contribution in [3.8, 4) is 0 Å². The first kappa shape index (κ1) is 7.78. The first-order chi connectivity index (χ1) is 5.18. The molecule has 0 aromatic carbocycles. The van der Waals surface area contributed by atoms with Crippen molar-refractivity contribution in [3.63, 3.8) is 0 Å². The van der Waals surface area contributed by atoms with Crippen molar-refractivity contribution >= 4 is 12.1 Å². The van der Waals surface area contributed by atoms with Gasteiger partial charge in [-0.3, -0.25) is 4.79 Å². The Morgan fingerprint density at radius 3 is 3.09 bits per heavy atom. The molecule has 1 unspecified atom stereocenters. The number of primary amides is 1. The highest BCUT2D eigenvalue weighted by Crippen LogP contribution is 2.25. The molecule has 1 heterocycles. The molecule has 2 N–H and O–H groups in total. The molecule has 4 heteroatoms. The molecular formula is C7H10N2O2. The molecule has 0 aliphatic carbocycles. The predicted molar refractivity (Wildman–Crippen MR) is 40.9 cm³/mol. The van der Waals surface area contributed by atoms with Gasteiger partial charge in [-0.25, -0.2) is 0 Å². The van der Waals surface area contributed by atoms with Crippen molar-refractivity contribution in [1.82, 2.24) is 0 Å². The van der Waals surface area contributed by atoms with Gasteiger partial charge in [-0.15, -0.1) is 0 Å². The molecule has 0 saturated heterocycles. The van der Waals surface area contributed by atoms with Gasteiger partial charge in [0.05, 0.1) is 6.42 Å². The molecule has 11 heavy (non-hydrogen) atoms. The summed E-state index contributed by atoms with van der Waals surface area (Å²) in [7, 11) is 0. The van der Waals surface area contributed by atoms with E-state index in [-0.39, 0.29) is 6.42 Å². The van der Waals surface area contributed by atoms with E-state index >= 15 is 0 Å². The van der Waals surface area contributed by atoms with Crippen LogP contribution in [0.5, 0.6) is 0 Å². The molecule has 0 saturated carbocycles. The Hall–Kier alpha value is -1.32. The fraction of sp³-hybridized carbons (Fsp3) is 0.429. The molecule has 60 valence electrons. The van der Waals surface area contributed by atoms with Crippen LogP contribution in [0.4, 0.5) is 0 Å². The Labute approximate surface area is 64.7 Å². The maximum absolute atomic E-state index is 10.6. The van der Waals surface area contributed by atoms with Gasteiger partial charge in [0.1, 0.15) is 0 Å². The quantitative estimate of drug-likeness (QED) is 0.590. The number of nitrogens with two attached hydrogens (primary N) is 1. The van der Waals surface area contributed by atoms with Gasteiger partial charge in [0.25, 0.3) is 0 Å². The summed E-state index contributed by atoms with van der Waals surface area (Å²) in [5.41, 5.74) is 4.34. The monoisotopic (exact) mass is 154 g/mol. The molecule has 0 spiro atoms. The Kier molecular flexibility index (Phi) is 1.94. The Morgan fingerprint density at radius 1 is 2.00 bits per heavy atom. The van der Waals surface area contributed by atoms with Crippen LogP contribution in [0.1, 0.15) is 12.8 Å². The van der Waals surface area contributed by atoms with Crippen LogP contribution in [-0.2, 0) is 9.63 Å². The minimum absolute atomic E-state index is 0.135. The third-order valence-corrected chi connectivity index (χ3v) is 1.59. The number of hydrogen-bond donors (Lipinski definition) is 1. The van der Waals surface area contributed by atoms with E-state index < -0.39 is 11.5 Å². The van der Waals surface area contributed by atoms with Crippen LogP contribution in [-0.4, -0.2) is 17.7 Å². The van der Waals surface area contributed by atoms with Crippen LogP contribution in [0, 0.1) is 0 Å². The Bertz CT molecular complexity index is 202. The molecule has 1 aliphatic rings. The summed E-state index contributed by atoms with van der Waals surface area (Å²) in [6, 6.07) is 0. The zero-order valence-electron chi connectivity index (χ0n) is 6.12. The molecular weight excluding hydrogens is 144 g/mol. The number of amides is 1. The highest BCUT2D eigenvalue weighted by Gasteiger charge is 2.33. The summed E-state index contributed by atoms with van der Waals surface area (Å²) < 4.78 is 0. The SMILES string of the molecule is C=CC1(CC(N)=O)CC=NO1. The summed E-state index contributed by atoms with van der Waals surface area (Å²) in [5, 5.41) is 3.56. The van der Waals surface area contributed by atoms with Crippen molar-refractivity contribution < 1.29 is 9.63 Å². The van der Waals surface area contributed by atoms with Crippen molar-refractivity contribution in [2.75, 3.05) is 0 Å². The minimum atomic E-state index is -0.675. The fourth-order valence-electron chi connectivity index (χ4n) is 0.963. The highest BCUT2D eigenvalue weighted by atomic mass is 16.7. The maximum Gasteiger partial charge on any atom is 0.221 e. The van der Waals surface area contributed by atoms with Crippen LogP contribution < -0.4 is 5.73 Å². The second-order valence-corrected chi connectivity index (χ2v) is 2.50. The smallest absolute Gasteiger partial charge is 0.221 e. The molecule has 0 radical (unpaired) electrons. The normalized spacial score (nSPS) is 28.0. The molecule has 1 atom stereocenters. The lowest BCUT2D eigenvalue weighted by Gasteiger charge is -2.19. The summed E-state index contributed by atoms with van der Waals surface area (Å²) in [5.74, 6) is -0.407. The van der Waals surface area contributed by atoms with E-state index in [1.54, 1.807) is 12.3 Å². The molecule has 0 aromatic rings. The van der Waals surface area contributed by atoms with E-state index in [2.05, 4.69) is 11.7 Å². The molecule has 0 fully saturated rings. The molecule has 0 bridgehead atoms. The highest BCUT2D eigenvalue weighted by molar-refractivity contribution is 5.76. The van der Waals surface area contributed by atoms with Gasteiger partial charge in [0.2, 0.25) is 5.91 Å². The average Bonchev–Trinajstić information content (AvgIpc) is 2.36. The first-order valence-electron chi connectivity index (χ1n) is 3.30. The number of carbonyl (C=O) groups is 1. The van der Waals surface area contributed by atoms with E-state index in [1.165, 1.54) is 0 Å². The standard InChI is InChI=1S/C7H10N2O2/c1-2-7(5-6(8)10)3-4-9-11-7/h2,4H,1,3,5H2,(H2,8,10). The van der Waals surface area contributed by atoms with Gasteiger partial charge in [-0.1, -0.05) is 11.7 Å². The van der Waals surface area contributed by atoms with E-state index in [9.17, 15) is 4.79 Å². The van der Waals surface area contributed by atoms with E-state index in [1.807, 2.05) is 0 Å². The molecule has 1 aliphatic heterocycles. The Morgan fingerprint density at radius 2 is 2.73 bits per heavy atom. The van der Waals surface area contributed by atoms with Crippen molar-refractivity contribution in [2.45, 2.75) is 18.4 Å². The van der Waals surface area contributed by atoms with Gasteiger partial charge in [-0.2, -0.15) is 0 Å². The lowest BCUT2D eigenvalue weighted by Crippen LogP contribution is -2.31. The molecule has 1 rings (SSSR count). The summed E-state index contributed by atoms with van der Waals surface area (Å²) in [6.45, 7) is 3.56. The van der Waals surface area contributed by atoms with Gasteiger partial charge >= 0.3 is 0 Å². The zero-order chi connectivity index (χ0) is 8.32. The van der Waals surface area contributed by atoms with Gasteiger partial charge < -0.3 is 10.6 Å². The van der Waals surface area contributed by atoms with Crippen LogP contribution in [0.25, 0.3) is 0 Å². The van der Waals surface area contributed by atoms with E-state index in [0.717, 1.165) is 0 Å². The lowest BCUT2D eigenvalue weighted by molar-refractivity contribution is -0.122. The first-order valence-corrected chi connectivity index (χ1v) is 3.30. The van der Waals surface area contributed by atoms with Gasteiger partial charge in [0, 0.05) is 12.6 Å². The summed E-state index contributed by atoms with van der Waals surface area (Å²) >= 11 is 0. The largest absolute Gasteiger partial charge is 0.384 e. The molecule has 1 amide bonds. The second kappa shape index (κ2) is 2.74. The maximum atomic E-state index is 10.6. The van der Waals surface area contributed by atoms with Gasteiger partial charge in [-0.05, 0) is 6.08 Å². The average molecular weight is 154 g/mol. The van der Waals surface area contributed by atoms with Crippen molar-refractivity contribution in [2.24, 2.45) is 10.9 Å². The fourth-order valence-corrected chi connectivity index (χ4v) is 0.963. The van der Waals surface area contributed by atoms with Crippen LogP contribution in [0.15, 0.2) is 17.8 Å². The summed E-state index contributed by atoms with van der Waals surface area (Å²) in [4.78, 5) is 15.5. The van der Waals surface area contributed by atoms with Crippen LogP contribution in [0.3, 0.4) is 0 Å². The van der Waals surface area contributed by atoms with E-state index in [0.29, 0.717) is 6.42 Å². The number of carbonyl (C=O) groups excluding carboxylic acids is 1. The lowest BCUT2D eigenvalue weighted by atomic mass is 9.97. The number of rotatable bonds is 3. The summed E-state index contributed by atoms with van der Waals surface area (Å²) in [6.07, 6.45) is 3.87. The van der Waals surface area contributed by atoms with Crippen molar-refractivity contribution in [3.05, 3.63) is 12.7 Å². The second-order valence-electron chi connectivity index (χ2n) is 2.50. The van der Waals surface area contributed by atoms with Crippen molar-refractivity contribution in [1.29, 1.82) is 0 Å². The predicted octanol–water partition coefficient (Wildman–Crippen LogP) is 0.193.